The van der Waals surface area contributed by atoms with E-state index >= 15 is 0 Å². The first-order chi connectivity index (χ1) is 10.0. The maximum Gasteiger partial charge on any atom is 0.339 e. The van der Waals surface area contributed by atoms with E-state index < -0.39 is 11.8 Å². The van der Waals surface area contributed by atoms with E-state index in [1.165, 1.54) is 18.2 Å². The Bertz CT molecular complexity index is 689. The zero-order valence-corrected chi connectivity index (χ0v) is 11.1. The average molecular weight is 287 g/mol. The molecule has 0 spiro atoms. The third kappa shape index (κ3) is 3.27. The highest BCUT2D eigenvalue weighted by molar-refractivity contribution is 6.29. The first-order valence-corrected chi connectivity index (χ1v) is 6.03. The molecule has 0 unspecified atom stereocenters. The molecule has 1 aliphatic rings. The summed E-state index contributed by atoms with van der Waals surface area (Å²) in [6, 6.07) is 4.74. The second-order valence-corrected chi connectivity index (χ2v) is 4.19. The largest absolute Gasteiger partial charge is 0.506 e. The molecule has 1 aliphatic carbocycles. The summed E-state index contributed by atoms with van der Waals surface area (Å²) in [5, 5.41) is 25.2. The van der Waals surface area contributed by atoms with Crippen molar-refractivity contribution in [2.75, 3.05) is 17.8 Å². The van der Waals surface area contributed by atoms with E-state index in [-0.39, 0.29) is 11.3 Å². The van der Waals surface area contributed by atoms with E-state index in [2.05, 4.69) is 15.8 Å². The molecule has 0 aliphatic heterocycles. The Labute approximate surface area is 120 Å². The van der Waals surface area contributed by atoms with Gasteiger partial charge in [0.05, 0.1) is 17.1 Å². The molecule has 1 aromatic carbocycles. The van der Waals surface area contributed by atoms with Crippen molar-refractivity contribution in [1.82, 2.24) is 0 Å². The van der Waals surface area contributed by atoms with E-state index in [0.717, 1.165) is 6.08 Å². The summed E-state index contributed by atoms with van der Waals surface area (Å²) in [7, 11) is 1.67. The number of phenolic OH excluding ortho intramolecular Hbond substituents is 1. The van der Waals surface area contributed by atoms with Gasteiger partial charge in [0.15, 0.2) is 5.78 Å². The lowest BCUT2D eigenvalue weighted by atomic mass is 10.0. The molecule has 0 bridgehead atoms. The summed E-state index contributed by atoms with van der Waals surface area (Å²) in [5.74, 6) is -1.75. The van der Waals surface area contributed by atoms with Crippen molar-refractivity contribution >= 4 is 28.8 Å². The summed E-state index contributed by atoms with van der Waals surface area (Å²) in [6.45, 7) is 0. The molecule has 0 saturated heterocycles. The van der Waals surface area contributed by atoms with Crippen molar-refractivity contribution in [1.29, 1.82) is 0 Å². The lowest BCUT2D eigenvalue weighted by Crippen LogP contribution is -2.15. The Hall–Kier alpha value is -3.09. The molecular formula is C14H13N3O4. The second kappa shape index (κ2) is 5.91. The van der Waals surface area contributed by atoms with Gasteiger partial charge in [-0.2, -0.15) is 5.10 Å². The second-order valence-electron chi connectivity index (χ2n) is 4.19. The molecule has 0 amide bonds. The zero-order chi connectivity index (χ0) is 15.4. The molecule has 4 N–H and O–H groups in total. The van der Waals surface area contributed by atoms with Gasteiger partial charge >= 0.3 is 5.97 Å². The van der Waals surface area contributed by atoms with Gasteiger partial charge in [-0.1, -0.05) is 0 Å². The van der Waals surface area contributed by atoms with Gasteiger partial charge in [-0.25, -0.2) is 4.79 Å². The Balaban J connectivity index is 2.20. The number of rotatable bonds is 4. The fraction of sp³-hybridized carbons (Fsp3) is 0.0714. The van der Waals surface area contributed by atoms with Crippen LogP contribution in [0.1, 0.15) is 0 Å². The minimum absolute atomic E-state index is 0.104. The Morgan fingerprint density at radius 1 is 1.29 bits per heavy atom. The molecule has 0 fully saturated rings. The number of anilines is 2. The number of aromatic hydroxyl groups is 1. The van der Waals surface area contributed by atoms with Gasteiger partial charge in [-0.05, 0) is 36.4 Å². The van der Waals surface area contributed by atoms with Gasteiger partial charge in [-0.15, -0.1) is 0 Å². The van der Waals surface area contributed by atoms with Crippen molar-refractivity contribution in [3.05, 3.63) is 42.0 Å². The van der Waals surface area contributed by atoms with Crippen LogP contribution in [-0.4, -0.2) is 34.7 Å². The Morgan fingerprint density at radius 3 is 2.71 bits per heavy atom. The predicted octanol–water partition coefficient (Wildman–Crippen LogP) is 1.35. The molecule has 7 heteroatoms. The van der Waals surface area contributed by atoms with Crippen LogP contribution in [0.4, 0.5) is 11.4 Å². The van der Waals surface area contributed by atoms with E-state index in [9.17, 15) is 14.7 Å². The number of hydrogen-bond acceptors (Lipinski definition) is 6. The standard InChI is InChI=1S/C14H13N3O4/c1-15-11-7-9(3-5-13(11)19)17-16-8-2-4-12(18)10(6-8)14(20)21/h2-7,15,17,19H,1H3,(H,20,21)/b16-8+. The smallest absolute Gasteiger partial charge is 0.339 e. The lowest BCUT2D eigenvalue weighted by molar-refractivity contribution is -0.134. The SMILES string of the molecule is CNc1cc(N/N=C2\C=CC(=O)C(C(=O)O)=C2)ccc1O. The summed E-state index contributed by atoms with van der Waals surface area (Å²) in [6.07, 6.45) is 3.76. The molecule has 7 nitrogen and oxygen atoms in total. The van der Waals surface area contributed by atoms with Crippen LogP contribution in [-0.2, 0) is 9.59 Å². The van der Waals surface area contributed by atoms with Crippen molar-refractivity contribution in [2.24, 2.45) is 5.10 Å². The predicted molar refractivity (Wildman–Crippen MR) is 78.6 cm³/mol. The molecule has 0 radical (unpaired) electrons. The molecule has 0 heterocycles. The fourth-order valence-electron chi connectivity index (χ4n) is 1.69. The summed E-state index contributed by atoms with van der Waals surface area (Å²) in [5.41, 5.74) is 3.83. The van der Waals surface area contributed by atoms with Gasteiger partial charge in [0.2, 0.25) is 0 Å². The number of nitrogens with zero attached hydrogens (tertiary/aromatic N) is 1. The van der Waals surface area contributed by atoms with E-state index in [0.29, 0.717) is 17.1 Å². The Morgan fingerprint density at radius 2 is 2.05 bits per heavy atom. The molecular weight excluding hydrogens is 274 g/mol. The number of carbonyl (C=O) groups is 2. The molecule has 108 valence electrons. The maximum atomic E-state index is 11.3. The van der Waals surface area contributed by atoms with Gasteiger partial charge in [0.25, 0.3) is 0 Å². The average Bonchev–Trinajstić information content (AvgIpc) is 2.47. The number of hydrogen-bond donors (Lipinski definition) is 4. The number of nitrogens with one attached hydrogen (secondary N) is 2. The number of carbonyl (C=O) groups excluding carboxylic acids is 1. The third-order valence-electron chi connectivity index (χ3n) is 2.77. The van der Waals surface area contributed by atoms with Gasteiger partial charge in [-0.3, -0.25) is 10.2 Å². The molecule has 0 saturated carbocycles. The van der Waals surface area contributed by atoms with Crippen LogP contribution in [0.25, 0.3) is 0 Å². The zero-order valence-electron chi connectivity index (χ0n) is 11.1. The van der Waals surface area contributed by atoms with Crippen molar-refractivity contribution < 1.29 is 19.8 Å². The van der Waals surface area contributed by atoms with Crippen LogP contribution in [0.5, 0.6) is 5.75 Å². The lowest BCUT2D eigenvalue weighted by Gasteiger charge is -2.08. The first kappa shape index (κ1) is 14.3. The van der Waals surface area contributed by atoms with Crippen molar-refractivity contribution in [3.8, 4) is 5.75 Å². The van der Waals surface area contributed by atoms with Crippen molar-refractivity contribution in [2.45, 2.75) is 0 Å². The van der Waals surface area contributed by atoms with Crippen LogP contribution >= 0.6 is 0 Å². The van der Waals surface area contributed by atoms with E-state index in [4.69, 9.17) is 5.11 Å². The Kier molecular flexibility index (Phi) is 4.03. The molecule has 0 atom stereocenters. The van der Waals surface area contributed by atoms with Crippen LogP contribution < -0.4 is 10.7 Å². The van der Waals surface area contributed by atoms with Crippen LogP contribution in [0, 0.1) is 0 Å². The monoisotopic (exact) mass is 287 g/mol. The number of carboxylic acids is 1. The maximum absolute atomic E-state index is 11.3. The minimum atomic E-state index is -1.29. The highest BCUT2D eigenvalue weighted by Crippen LogP contribution is 2.26. The number of allylic oxidation sites excluding steroid dienone is 3. The van der Waals surface area contributed by atoms with Crippen LogP contribution in [0.3, 0.4) is 0 Å². The topological polar surface area (TPSA) is 111 Å². The number of aliphatic carboxylic acids is 1. The number of phenols is 1. The first-order valence-electron chi connectivity index (χ1n) is 6.03. The summed E-state index contributed by atoms with van der Waals surface area (Å²) >= 11 is 0. The number of carboxylic acid groups (broad SMARTS) is 1. The molecule has 21 heavy (non-hydrogen) atoms. The van der Waals surface area contributed by atoms with Crippen LogP contribution in [0.2, 0.25) is 0 Å². The highest BCUT2D eigenvalue weighted by atomic mass is 16.4. The molecule has 1 aromatic rings. The van der Waals surface area contributed by atoms with Gasteiger partial charge < -0.3 is 15.5 Å². The van der Waals surface area contributed by atoms with E-state index in [1.807, 2.05) is 0 Å². The van der Waals surface area contributed by atoms with Gasteiger partial charge in [0, 0.05) is 7.05 Å². The van der Waals surface area contributed by atoms with Gasteiger partial charge in [0.1, 0.15) is 11.3 Å². The fourth-order valence-corrected chi connectivity index (χ4v) is 1.69. The van der Waals surface area contributed by atoms with Crippen LogP contribution in [0.15, 0.2) is 47.1 Å². The normalized spacial score (nSPS) is 15.8. The molecule has 0 aromatic heterocycles. The third-order valence-corrected chi connectivity index (χ3v) is 2.77. The minimum Gasteiger partial charge on any atom is -0.506 e. The summed E-state index contributed by atoms with van der Waals surface area (Å²) < 4.78 is 0. The molecule has 2 rings (SSSR count). The number of hydrazone groups is 1. The quantitative estimate of drug-likeness (QED) is 0.219. The van der Waals surface area contributed by atoms with E-state index in [1.54, 1.807) is 19.2 Å². The van der Waals surface area contributed by atoms with Crippen molar-refractivity contribution in [3.63, 3.8) is 0 Å². The number of benzene rings is 1. The summed E-state index contributed by atoms with van der Waals surface area (Å²) in [4.78, 5) is 22.2. The highest BCUT2D eigenvalue weighted by Gasteiger charge is 2.18. The number of ketones is 1.